The molecule has 6 atom stereocenters. The van der Waals surface area contributed by atoms with Crippen LogP contribution >= 0.6 is 0 Å². The zero-order valence-corrected chi connectivity index (χ0v) is 15.9. The molecule has 28 heavy (non-hydrogen) atoms. The van der Waals surface area contributed by atoms with Gasteiger partial charge in [-0.05, 0) is 36.8 Å². The van der Waals surface area contributed by atoms with Gasteiger partial charge in [-0.25, -0.2) is 4.98 Å². The molecule has 3 aliphatic rings. The van der Waals surface area contributed by atoms with Crippen LogP contribution in [0.3, 0.4) is 0 Å². The van der Waals surface area contributed by atoms with E-state index >= 15 is 0 Å². The molecule has 0 bridgehead atoms. The van der Waals surface area contributed by atoms with Crippen LogP contribution in [0.15, 0.2) is 30.5 Å². The van der Waals surface area contributed by atoms with Crippen LogP contribution in [-0.4, -0.2) is 57.4 Å². The lowest BCUT2D eigenvalue weighted by Gasteiger charge is -2.43. The van der Waals surface area contributed by atoms with E-state index < -0.39 is 12.2 Å². The molecule has 7 heteroatoms. The van der Waals surface area contributed by atoms with Crippen LogP contribution in [0.2, 0.25) is 0 Å². The number of aliphatic hydroxyl groups is 2. The van der Waals surface area contributed by atoms with E-state index in [0.29, 0.717) is 13.1 Å². The number of aromatic nitrogens is 2. The summed E-state index contributed by atoms with van der Waals surface area (Å²) in [5.74, 6) is 0.0149. The minimum absolute atomic E-state index is 0.0135. The monoisotopic (exact) mass is 382 g/mol. The van der Waals surface area contributed by atoms with Gasteiger partial charge in [0, 0.05) is 31.0 Å². The fourth-order valence-electron chi connectivity index (χ4n) is 5.01. The second kappa shape index (κ2) is 6.67. The van der Waals surface area contributed by atoms with Crippen molar-refractivity contribution in [3.63, 3.8) is 0 Å². The smallest absolute Gasteiger partial charge is 0.224 e. The molecule has 1 aromatic carbocycles. The van der Waals surface area contributed by atoms with Crippen molar-refractivity contribution in [1.29, 1.82) is 0 Å². The fraction of sp³-hybridized carbons (Fsp3) is 0.571. The quantitative estimate of drug-likeness (QED) is 0.731. The Balaban J connectivity index is 1.43. The summed E-state index contributed by atoms with van der Waals surface area (Å²) < 4.78 is 0. The van der Waals surface area contributed by atoms with Crippen molar-refractivity contribution in [3.8, 4) is 0 Å². The molecule has 148 valence electrons. The van der Waals surface area contributed by atoms with Crippen LogP contribution in [-0.2, 0) is 4.79 Å². The summed E-state index contributed by atoms with van der Waals surface area (Å²) in [5.41, 5.74) is 1.67. The van der Waals surface area contributed by atoms with Crippen molar-refractivity contribution in [2.75, 3.05) is 18.0 Å². The molecule has 0 radical (unpaired) electrons. The van der Waals surface area contributed by atoms with Gasteiger partial charge in [-0.3, -0.25) is 9.78 Å². The Kier molecular flexibility index (Phi) is 4.25. The fourth-order valence-corrected chi connectivity index (χ4v) is 5.01. The second-order valence-corrected chi connectivity index (χ2v) is 8.60. The highest BCUT2D eigenvalue weighted by Crippen LogP contribution is 2.44. The molecule has 1 aromatic heterocycles. The molecular weight excluding hydrogens is 356 g/mol. The largest absolute Gasteiger partial charge is 0.390 e. The van der Waals surface area contributed by atoms with Gasteiger partial charge in [0.25, 0.3) is 0 Å². The Bertz CT molecular complexity index is 902. The standard InChI is InChI=1S/C21H26N4O3/c1-11-18(21(28)23-12-6-7-12)13-9-25(10-14(13)20(27)19(11)26)17-8-22-15-4-2-3-5-16(15)24-17/h2-5,8,11-14,18-20,26-27H,6-7,9-10H2,1H3,(H,23,28)/t11-,13+,14+,18+,19+,20+/m1/s1. The number of rotatable bonds is 3. The van der Waals surface area contributed by atoms with Gasteiger partial charge in [0.2, 0.25) is 5.91 Å². The first-order valence-electron chi connectivity index (χ1n) is 10.2. The number of carbonyl (C=O) groups excluding carboxylic acids is 1. The van der Waals surface area contributed by atoms with Gasteiger partial charge in [0.05, 0.1) is 29.4 Å². The third kappa shape index (κ3) is 2.93. The summed E-state index contributed by atoms with van der Waals surface area (Å²) in [4.78, 5) is 24.2. The summed E-state index contributed by atoms with van der Waals surface area (Å²) >= 11 is 0. The van der Waals surface area contributed by atoms with E-state index in [9.17, 15) is 15.0 Å². The van der Waals surface area contributed by atoms with Crippen LogP contribution in [0.1, 0.15) is 19.8 Å². The Morgan fingerprint density at radius 2 is 1.82 bits per heavy atom. The van der Waals surface area contributed by atoms with Crippen LogP contribution in [0, 0.1) is 23.7 Å². The maximum atomic E-state index is 12.9. The van der Waals surface area contributed by atoms with Crippen molar-refractivity contribution in [2.45, 2.75) is 38.0 Å². The number of benzene rings is 1. The van der Waals surface area contributed by atoms with E-state index in [4.69, 9.17) is 4.98 Å². The average molecular weight is 382 g/mol. The normalized spacial score (nSPS) is 35.0. The van der Waals surface area contributed by atoms with Gasteiger partial charge >= 0.3 is 0 Å². The summed E-state index contributed by atoms with van der Waals surface area (Å²) in [6.45, 7) is 3.07. The van der Waals surface area contributed by atoms with Crippen LogP contribution in [0.4, 0.5) is 5.82 Å². The summed E-state index contributed by atoms with van der Waals surface area (Å²) in [6, 6.07) is 8.01. The number of amides is 1. The highest BCUT2D eigenvalue weighted by Gasteiger charge is 2.54. The molecule has 1 saturated heterocycles. The number of para-hydroxylation sites is 2. The van der Waals surface area contributed by atoms with E-state index in [0.717, 1.165) is 29.7 Å². The Morgan fingerprint density at radius 1 is 1.11 bits per heavy atom. The SMILES string of the molecule is C[C@H]1[C@H](O)[C@@H](O)[C@H]2CN(c3cnc4ccccc4n3)C[C@@H]2[C@H]1C(=O)NC1CC1. The Morgan fingerprint density at radius 3 is 2.57 bits per heavy atom. The molecule has 2 heterocycles. The van der Waals surface area contributed by atoms with E-state index in [1.165, 1.54) is 0 Å². The summed E-state index contributed by atoms with van der Waals surface area (Å²) in [7, 11) is 0. The zero-order valence-electron chi connectivity index (χ0n) is 15.9. The van der Waals surface area contributed by atoms with Crippen molar-refractivity contribution >= 4 is 22.8 Å². The first-order valence-corrected chi connectivity index (χ1v) is 10.2. The molecule has 2 saturated carbocycles. The molecule has 0 unspecified atom stereocenters. The van der Waals surface area contributed by atoms with Gasteiger partial charge in [-0.2, -0.15) is 0 Å². The first-order chi connectivity index (χ1) is 13.5. The second-order valence-electron chi connectivity index (χ2n) is 8.60. The highest BCUT2D eigenvalue weighted by atomic mass is 16.3. The molecule has 3 N–H and O–H groups in total. The maximum absolute atomic E-state index is 12.9. The molecule has 1 aliphatic heterocycles. The number of carbonyl (C=O) groups is 1. The van der Waals surface area contributed by atoms with Crippen LogP contribution in [0.5, 0.6) is 0 Å². The predicted molar refractivity (Wildman–Crippen MR) is 105 cm³/mol. The van der Waals surface area contributed by atoms with Crippen molar-refractivity contribution in [3.05, 3.63) is 30.5 Å². The maximum Gasteiger partial charge on any atom is 0.224 e. The lowest BCUT2D eigenvalue weighted by atomic mass is 9.65. The molecule has 3 fully saturated rings. The van der Waals surface area contributed by atoms with E-state index in [2.05, 4.69) is 15.2 Å². The lowest BCUT2D eigenvalue weighted by molar-refractivity contribution is -0.145. The van der Waals surface area contributed by atoms with Gasteiger partial charge in [0.1, 0.15) is 5.82 Å². The highest BCUT2D eigenvalue weighted by molar-refractivity contribution is 5.80. The number of anilines is 1. The van der Waals surface area contributed by atoms with E-state index in [1.54, 1.807) is 6.20 Å². The lowest BCUT2D eigenvalue weighted by Crippen LogP contribution is -2.55. The number of nitrogens with zero attached hydrogens (tertiary/aromatic N) is 3. The van der Waals surface area contributed by atoms with Gasteiger partial charge < -0.3 is 20.4 Å². The molecule has 1 amide bonds. The number of fused-ring (bicyclic) bond motifs is 2. The average Bonchev–Trinajstić information content (AvgIpc) is 3.41. The minimum Gasteiger partial charge on any atom is -0.390 e. The molecule has 5 rings (SSSR count). The molecule has 2 aromatic rings. The molecule has 2 aliphatic carbocycles. The van der Waals surface area contributed by atoms with Crippen LogP contribution < -0.4 is 10.2 Å². The summed E-state index contributed by atoms with van der Waals surface area (Å²) in [6.07, 6.45) is 2.10. The Hall–Kier alpha value is -2.25. The topological polar surface area (TPSA) is 98.6 Å². The molecule has 7 nitrogen and oxygen atoms in total. The number of aliphatic hydroxyl groups excluding tert-OH is 2. The zero-order chi connectivity index (χ0) is 19.4. The number of hydrogen-bond acceptors (Lipinski definition) is 6. The number of nitrogens with one attached hydrogen (secondary N) is 1. The van der Waals surface area contributed by atoms with Crippen LogP contribution in [0.25, 0.3) is 11.0 Å². The number of hydrogen-bond donors (Lipinski definition) is 3. The van der Waals surface area contributed by atoms with Crippen molar-refractivity contribution < 1.29 is 15.0 Å². The predicted octanol–water partition coefficient (Wildman–Crippen LogP) is 0.948. The van der Waals surface area contributed by atoms with Gasteiger partial charge in [-0.1, -0.05) is 19.1 Å². The summed E-state index contributed by atoms with van der Waals surface area (Å²) in [5, 5.41) is 24.4. The van der Waals surface area contributed by atoms with E-state index in [1.807, 2.05) is 31.2 Å². The molecular formula is C21H26N4O3. The third-order valence-electron chi connectivity index (χ3n) is 6.75. The minimum atomic E-state index is -0.890. The third-order valence-corrected chi connectivity index (χ3v) is 6.75. The van der Waals surface area contributed by atoms with Crippen molar-refractivity contribution in [2.24, 2.45) is 23.7 Å². The first kappa shape index (κ1) is 17.8. The van der Waals surface area contributed by atoms with Gasteiger partial charge in [0.15, 0.2) is 0 Å². The van der Waals surface area contributed by atoms with Crippen molar-refractivity contribution in [1.82, 2.24) is 15.3 Å². The Labute approximate surface area is 163 Å². The van der Waals surface area contributed by atoms with Gasteiger partial charge in [-0.15, -0.1) is 0 Å². The molecule has 0 spiro atoms. The van der Waals surface area contributed by atoms with E-state index in [-0.39, 0.29) is 35.6 Å².